The van der Waals surface area contributed by atoms with Crippen LogP contribution in [0.2, 0.25) is 0 Å². The molecular weight excluding hydrogens is 384 g/mol. The minimum absolute atomic E-state index is 0.131. The van der Waals surface area contributed by atoms with Gasteiger partial charge < -0.3 is 19.8 Å². The first-order chi connectivity index (χ1) is 14.1. The molecule has 1 heterocycles. The lowest BCUT2D eigenvalue weighted by Gasteiger charge is -2.12. The van der Waals surface area contributed by atoms with Gasteiger partial charge in [0.15, 0.2) is 16.6 Å². The van der Waals surface area contributed by atoms with E-state index in [0.29, 0.717) is 13.2 Å². The van der Waals surface area contributed by atoms with Crippen molar-refractivity contribution in [3.63, 3.8) is 0 Å². The molecule has 0 spiro atoms. The van der Waals surface area contributed by atoms with Crippen LogP contribution in [0.1, 0.15) is 11.1 Å². The van der Waals surface area contributed by atoms with Crippen molar-refractivity contribution in [2.45, 2.75) is 13.0 Å². The largest absolute Gasteiger partial charge is 0.493 e. The third-order valence-corrected chi connectivity index (χ3v) is 4.49. The van der Waals surface area contributed by atoms with Gasteiger partial charge in [0.05, 0.1) is 19.9 Å². The molecule has 150 valence electrons. The Labute approximate surface area is 175 Å². The lowest BCUT2D eigenvalue weighted by atomic mass is 10.1. The zero-order chi connectivity index (χ0) is 20.6. The van der Waals surface area contributed by atoms with Crippen LogP contribution in [0, 0.1) is 0 Å². The van der Waals surface area contributed by atoms with Crippen LogP contribution in [0.5, 0.6) is 11.5 Å². The van der Waals surface area contributed by atoms with E-state index in [1.165, 1.54) is 0 Å². The lowest BCUT2D eigenvalue weighted by molar-refractivity contribution is 0.281. The van der Waals surface area contributed by atoms with Crippen LogP contribution in [0.25, 0.3) is 10.9 Å². The number of fused-ring (bicyclic) bond motifs is 1. The molecule has 0 unspecified atom stereocenters. The number of aromatic nitrogens is 1. The number of ether oxygens (including phenoxy) is 2. The molecule has 3 rings (SSSR count). The molecule has 3 N–H and O–H groups in total. The molecule has 0 aliphatic heterocycles. The van der Waals surface area contributed by atoms with E-state index in [1.54, 1.807) is 13.3 Å². The molecule has 0 aliphatic rings. The van der Waals surface area contributed by atoms with Gasteiger partial charge in [0.2, 0.25) is 0 Å². The van der Waals surface area contributed by atoms with Crippen LogP contribution >= 0.6 is 12.2 Å². The second kappa shape index (κ2) is 9.75. The van der Waals surface area contributed by atoms with E-state index in [-0.39, 0.29) is 5.11 Å². The molecule has 0 radical (unpaired) electrons. The monoisotopic (exact) mass is 408 g/mol. The summed E-state index contributed by atoms with van der Waals surface area (Å²) in [6.45, 7) is 4.94. The summed E-state index contributed by atoms with van der Waals surface area (Å²) in [6.07, 6.45) is 6.40. The third-order valence-electron chi connectivity index (χ3n) is 4.40. The molecule has 0 saturated carbocycles. The fraction of sp³-hybridized carbons (Fsp3) is 0.182. The Kier molecular flexibility index (Phi) is 6.86. The standard InChI is InChI=1S/C22H24N4O2S/c1-3-6-16-9-10-20(21(13-16)27-2)28-12-11-26-15-17(14-24-25-22(23)29)18-7-4-5-8-19(18)26/h3-5,7-10,13-15H,1,6,11-12H2,2H3,(H3,23,25,29)/b24-14+. The van der Waals surface area contributed by atoms with Crippen LogP contribution in [-0.2, 0) is 13.0 Å². The third kappa shape index (κ3) is 5.14. The number of hydrogen-bond donors (Lipinski definition) is 2. The van der Waals surface area contributed by atoms with Crippen molar-refractivity contribution in [3.8, 4) is 11.5 Å². The Balaban J connectivity index is 1.73. The molecule has 0 bridgehead atoms. The average Bonchev–Trinajstić information content (AvgIpc) is 3.07. The molecule has 0 fully saturated rings. The average molecular weight is 409 g/mol. The van der Waals surface area contributed by atoms with Gasteiger partial charge in [0, 0.05) is 22.7 Å². The van der Waals surface area contributed by atoms with E-state index in [0.717, 1.165) is 39.9 Å². The molecule has 7 heteroatoms. The van der Waals surface area contributed by atoms with Crippen LogP contribution < -0.4 is 20.6 Å². The summed E-state index contributed by atoms with van der Waals surface area (Å²) >= 11 is 4.77. The van der Waals surface area contributed by atoms with Gasteiger partial charge in [0.1, 0.15) is 6.61 Å². The number of para-hydroxylation sites is 1. The van der Waals surface area contributed by atoms with Crippen molar-refractivity contribution in [3.05, 3.63) is 72.4 Å². The van der Waals surface area contributed by atoms with Crippen molar-refractivity contribution < 1.29 is 9.47 Å². The van der Waals surface area contributed by atoms with E-state index >= 15 is 0 Å². The highest BCUT2D eigenvalue weighted by Crippen LogP contribution is 2.28. The SMILES string of the molecule is C=CCc1ccc(OCCn2cc(/C=N/NC(N)=S)c3ccccc32)c(OC)c1. The van der Waals surface area contributed by atoms with Crippen molar-refractivity contribution >= 4 is 34.4 Å². The summed E-state index contributed by atoms with van der Waals surface area (Å²) < 4.78 is 13.6. The highest BCUT2D eigenvalue weighted by atomic mass is 32.1. The highest BCUT2D eigenvalue weighted by molar-refractivity contribution is 7.80. The molecule has 0 amide bonds. The summed E-state index contributed by atoms with van der Waals surface area (Å²) in [5.74, 6) is 1.44. The quantitative estimate of drug-likeness (QED) is 0.245. The Morgan fingerprint density at radius 2 is 2.10 bits per heavy atom. The first-order valence-corrected chi connectivity index (χ1v) is 9.60. The molecule has 0 atom stereocenters. The van der Waals surface area contributed by atoms with Crippen molar-refractivity contribution in [1.82, 2.24) is 9.99 Å². The van der Waals surface area contributed by atoms with Gasteiger partial charge in [-0.25, -0.2) is 0 Å². The maximum absolute atomic E-state index is 5.98. The van der Waals surface area contributed by atoms with Crippen LogP contribution in [0.15, 0.2) is 66.4 Å². The van der Waals surface area contributed by atoms with E-state index in [9.17, 15) is 0 Å². The molecule has 0 aliphatic carbocycles. The molecule has 0 saturated heterocycles. The van der Waals surface area contributed by atoms with E-state index < -0.39 is 0 Å². The Morgan fingerprint density at radius 1 is 1.28 bits per heavy atom. The second-order valence-electron chi connectivity index (χ2n) is 6.36. The summed E-state index contributed by atoms with van der Waals surface area (Å²) in [7, 11) is 1.64. The van der Waals surface area contributed by atoms with Gasteiger partial charge in [0.25, 0.3) is 0 Å². The normalized spacial score (nSPS) is 10.9. The first kappa shape index (κ1) is 20.4. The fourth-order valence-electron chi connectivity index (χ4n) is 3.11. The van der Waals surface area contributed by atoms with Gasteiger partial charge in [-0.3, -0.25) is 5.43 Å². The second-order valence-corrected chi connectivity index (χ2v) is 6.80. The van der Waals surface area contributed by atoms with Gasteiger partial charge in [-0.1, -0.05) is 30.3 Å². The van der Waals surface area contributed by atoms with Gasteiger partial charge in [-0.15, -0.1) is 6.58 Å². The minimum atomic E-state index is 0.131. The van der Waals surface area contributed by atoms with Crippen molar-refractivity contribution in [2.75, 3.05) is 13.7 Å². The van der Waals surface area contributed by atoms with Gasteiger partial charge in [-0.05, 0) is 42.4 Å². The number of methoxy groups -OCH3 is 1. The zero-order valence-corrected chi connectivity index (χ0v) is 17.1. The van der Waals surface area contributed by atoms with Crippen LogP contribution in [-0.4, -0.2) is 29.6 Å². The van der Waals surface area contributed by atoms with Crippen molar-refractivity contribution in [2.24, 2.45) is 10.8 Å². The predicted molar refractivity (Wildman–Crippen MR) is 122 cm³/mol. The Hall–Kier alpha value is -3.32. The van der Waals surface area contributed by atoms with E-state index in [4.69, 9.17) is 27.4 Å². The Bertz CT molecular complexity index is 1040. The molecule has 29 heavy (non-hydrogen) atoms. The maximum atomic E-state index is 5.98. The minimum Gasteiger partial charge on any atom is -0.493 e. The number of hydrazone groups is 1. The van der Waals surface area contributed by atoms with Gasteiger partial charge in [-0.2, -0.15) is 5.10 Å². The Morgan fingerprint density at radius 3 is 2.86 bits per heavy atom. The number of allylic oxidation sites excluding steroid dienone is 1. The number of rotatable bonds is 9. The smallest absolute Gasteiger partial charge is 0.184 e. The van der Waals surface area contributed by atoms with E-state index in [2.05, 4.69) is 33.8 Å². The zero-order valence-electron chi connectivity index (χ0n) is 16.3. The number of benzene rings is 2. The lowest BCUT2D eigenvalue weighted by Crippen LogP contribution is -2.23. The van der Waals surface area contributed by atoms with Crippen molar-refractivity contribution in [1.29, 1.82) is 0 Å². The summed E-state index contributed by atoms with van der Waals surface area (Å²) in [6, 6.07) is 14.1. The number of hydrogen-bond acceptors (Lipinski definition) is 4. The summed E-state index contributed by atoms with van der Waals surface area (Å²) in [5.41, 5.74) is 11.2. The first-order valence-electron chi connectivity index (χ1n) is 9.19. The topological polar surface area (TPSA) is 73.8 Å². The summed E-state index contributed by atoms with van der Waals surface area (Å²) in [4.78, 5) is 0. The maximum Gasteiger partial charge on any atom is 0.184 e. The number of nitrogens with one attached hydrogen (secondary N) is 1. The van der Waals surface area contributed by atoms with Gasteiger partial charge >= 0.3 is 0 Å². The number of nitrogens with zero attached hydrogens (tertiary/aromatic N) is 2. The molecule has 1 aromatic heterocycles. The molecule has 2 aromatic carbocycles. The van der Waals surface area contributed by atoms with Crippen LogP contribution in [0.3, 0.4) is 0 Å². The summed E-state index contributed by atoms with van der Waals surface area (Å²) in [5, 5.41) is 5.29. The molecular formula is C22H24N4O2S. The van der Waals surface area contributed by atoms with E-state index in [1.807, 2.05) is 42.6 Å². The highest BCUT2D eigenvalue weighted by Gasteiger charge is 2.09. The predicted octanol–water partition coefficient (Wildman–Crippen LogP) is 3.62. The number of nitrogens with two attached hydrogens (primary N) is 1. The van der Waals surface area contributed by atoms with Crippen LogP contribution in [0.4, 0.5) is 0 Å². The number of thiocarbonyl (C=S) groups is 1. The molecule has 6 nitrogen and oxygen atoms in total. The molecule has 3 aromatic rings. The fourth-order valence-corrected chi connectivity index (χ4v) is 3.16.